The normalized spacial score (nSPS) is 24.8. The molecule has 0 radical (unpaired) electrons. The number of fused-ring (bicyclic) bond motifs is 1. The Hall–Kier alpha value is -1.65. The minimum atomic E-state index is -3.35. The summed E-state index contributed by atoms with van der Waals surface area (Å²) in [6.45, 7) is 6.48. The van der Waals surface area contributed by atoms with Crippen molar-refractivity contribution < 1.29 is 8.42 Å². The molecule has 4 heteroatoms. The van der Waals surface area contributed by atoms with Crippen molar-refractivity contribution in [1.82, 2.24) is 5.32 Å². The monoisotopic (exact) mass is 371 g/mol. The standard InChI is InChI=1S/C22H29NO2S/c1-4-22(15-14-17(2)3)16-26(24,25)20-13-9-8-12-19(20)21(23-22)18-10-6-5-7-11-18/h5-13,17,21,23H,4,14-16H2,1-3H3/t21-,22-/m0/s1. The predicted molar refractivity (Wildman–Crippen MR) is 107 cm³/mol. The number of hydrogen-bond acceptors (Lipinski definition) is 3. The maximum Gasteiger partial charge on any atom is 0.180 e. The number of nitrogens with one attached hydrogen (secondary N) is 1. The minimum Gasteiger partial charge on any atom is -0.300 e. The van der Waals surface area contributed by atoms with Gasteiger partial charge < -0.3 is 0 Å². The van der Waals surface area contributed by atoms with Crippen LogP contribution >= 0.6 is 0 Å². The summed E-state index contributed by atoms with van der Waals surface area (Å²) in [6, 6.07) is 17.5. The molecule has 2 aromatic rings. The van der Waals surface area contributed by atoms with Crippen molar-refractivity contribution in [2.75, 3.05) is 5.75 Å². The van der Waals surface area contributed by atoms with E-state index in [-0.39, 0.29) is 11.8 Å². The van der Waals surface area contributed by atoms with Crippen LogP contribution in [0, 0.1) is 5.92 Å². The second kappa shape index (κ2) is 7.53. The van der Waals surface area contributed by atoms with Gasteiger partial charge in [-0.05, 0) is 42.4 Å². The van der Waals surface area contributed by atoms with Gasteiger partial charge in [-0.15, -0.1) is 0 Å². The van der Waals surface area contributed by atoms with Crippen LogP contribution in [0.25, 0.3) is 0 Å². The molecule has 3 nitrogen and oxygen atoms in total. The van der Waals surface area contributed by atoms with Crippen LogP contribution in [0.15, 0.2) is 59.5 Å². The molecule has 3 rings (SSSR count). The highest BCUT2D eigenvalue weighted by Gasteiger charge is 2.41. The number of benzene rings is 2. The Labute approximate surface area is 157 Å². The Balaban J connectivity index is 2.14. The molecule has 0 spiro atoms. The third-order valence-electron chi connectivity index (χ3n) is 5.49. The fourth-order valence-corrected chi connectivity index (χ4v) is 6.01. The molecule has 0 aliphatic carbocycles. The summed E-state index contributed by atoms with van der Waals surface area (Å²) in [5.74, 6) is 0.701. The molecular weight excluding hydrogens is 342 g/mol. The Morgan fingerprint density at radius 2 is 1.73 bits per heavy atom. The highest BCUT2D eigenvalue weighted by atomic mass is 32.2. The summed E-state index contributed by atoms with van der Waals surface area (Å²) < 4.78 is 26.5. The van der Waals surface area contributed by atoms with Gasteiger partial charge in [0.25, 0.3) is 0 Å². The van der Waals surface area contributed by atoms with E-state index in [1.54, 1.807) is 6.07 Å². The van der Waals surface area contributed by atoms with Crippen molar-refractivity contribution in [2.45, 2.75) is 56.5 Å². The van der Waals surface area contributed by atoms with E-state index in [9.17, 15) is 8.42 Å². The first kappa shape index (κ1) is 19.1. The van der Waals surface area contributed by atoms with Crippen molar-refractivity contribution in [2.24, 2.45) is 5.92 Å². The molecule has 0 unspecified atom stereocenters. The molecule has 0 aromatic heterocycles. The van der Waals surface area contributed by atoms with E-state index in [2.05, 4.69) is 38.2 Å². The molecule has 0 saturated heterocycles. The van der Waals surface area contributed by atoms with Gasteiger partial charge in [-0.1, -0.05) is 69.3 Å². The lowest BCUT2D eigenvalue weighted by Gasteiger charge is -2.36. The van der Waals surface area contributed by atoms with Crippen molar-refractivity contribution in [3.8, 4) is 0 Å². The van der Waals surface area contributed by atoms with E-state index >= 15 is 0 Å². The second-order valence-corrected chi connectivity index (χ2v) is 9.81. The van der Waals surface area contributed by atoms with Gasteiger partial charge >= 0.3 is 0 Å². The third kappa shape index (κ3) is 3.86. The van der Waals surface area contributed by atoms with E-state index in [0.717, 1.165) is 30.4 Å². The van der Waals surface area contributed by atoms with Gasteiger partial charge in [0.15, 0.2) is 9.84 Å². The molecule has 0 bridgehead atoms. The summed E-state index contributed by atoms with van der Waals surface area (Å²) >= 11 is 0. The lowest BCUT2D eigenvalue weighted by atomic mass is 9.86. The van der Waals surface area contributed by atoms with E-state index in [1.807, 2.05) is 36.4 Å². The molecule has 2 atom stereocenters. The SMILES string of the molecule is CC[C@]1(CCC(C)C)CS(=O)(=O)c2ccccc2[C@H](c2ccccc2)N1. The molecule has 2 aromatic carbocycles. The first-order valence-corrected chi connectivity index (χ1v) is 11.2. The molecule has 26 heavy (non-hydrogen) atoms. The van der Waals surface area contributed by atoms with Crippen LogP contribution in [0.4, 0.5) is 0 Å². The molecule has 140 valence electrons. The maximum absolute atomic E-state index is 13.2. The van der Waals surface area contributed by atoms with Gasteiger partial charge in [0.2, 0.25) is 0 Å². The Morgan fingerprint density at radius 3 is 2.38 bits per heavy atom. The first-order valence-electron chi connectivity index (χ1n) is 9.51. The topological polar surface area (TPSA) is 46.2 Å². The van der Waals surface area contributed by atoms with Gasteiger partial charge in [0, 0.05) is 5.54 Å². The lowest BCUT2D eigenvalue weighted by molar-refractivity contribution is 0.282. The molecule has 1 N–H and O–H groups in total. The largest absolute Gasteiger partial charge is 0.300 e. The van der Waals surface area contributed by atoms with Crippen molar-refractivity contribution >= 4 is 9.84 Å². The van der Waals surface area contributed by atoms with E-state index in [1.165, 1.54) is 0 Å². The highest BCUT2D eigenvalue weighted by Crippen LogP contribution is 2.38. The van der Waals surface area contributed by atoms with E-state index in [4.69, 9.17) is 0 Å². The molecule has 1 aliphatic heterocycles. The zero-order valence-corrected chi connectivity index (χ0v) is 16.7. The van der Waals surface area contributed by atoms with Crippen LogP contribution in [0.3, 0.4) is 0 Å². The number of rotatable bonds is 5. The quantitative estimate of drug-likeness (QED) is 0.826. The van der Waals surface area contributed by atoms with Gasteiger partial charge in [-0.3, -0.25) is 5.32 Å². The Bertz CT molecular complexity index is 845. The zero-order valence-electron chi connectivity index (χ0n) is 15.9. The molecule has 0 saturated carbocycles. The van der Waals surface area contributed by atoms with Crippen LogP contribution < -0.4 is 5.32 Å². The number of hydrogen-bond donors (Lipinski definition) is 1. The fraction of sp³-hybridized carbons (Fsp3) is 0.455. The molecule has 0 fully saturated rings. The van der Waals surface area contributed by atoms with E-state index < -0.39 is 15.4 Å². The fourth-order valence-electron chi connectivity index (χ4n) is 3.87. The third-order valence-corrected chi connectivity index (χ3v) is 7.47. The van der Waals surface area contributed by atoms with Crippen LogP contribution in [0.2, 0.25) is 0 Å². The maximum atomic E-state index is 13.2. The molecule has 1 heterocycles. The van der Waals surface area contributed by atoms with E-state index in [0.29, 0.717) is 10.8 Å². The lowest BCUT2D eigenvalue weighted by Crippen LogP contribution is -2.50. The van der Waals surface area contributed by atoms with Gasteiger partial charge in [0.1, 0.15) is 0 Å². The van der Waals surface area contributed by atoms with Crippen LogP contribution in [-0.4, -0.2) is 19.7 Å². The van der Waals surface area contributed by atoms with Crippen LogP contribution in [0.1, 0.15) is 57.2 Å². The summed E-state index contributed by atoms with van der Waals surface area (Å²) in [5, 5.41) is 3.78. The van der Waals surface area contributed by atoms with Crippen molar-refractivity contribution in [3.63, 3.8) is 0 Å². The zero-order chi connectivity index (χ0) is 18.8. The summed E-state index contributed by atoms with van der Waals surface area (Å²) in [4.78, 5) is 0.473. The average molecular weight is 372 g/mol. The summed E-state index contributed by atoms with van der Waals surface area (Å²) in [6.07, 6.45) is 2.65. The minimum absolute atomic E-state index is 0.114. The van der Waals surface area contributed by atoms with Crippen LogP contribution in [-0.2, 0) is 9.84 Å². The summed E-state index contributed by atoms with van der Waals surface area (Å²) in [5.41, 5.74) is 1.56. The smallest absolute Gasteiger partial charge is 0.180 e. The predicted octanol–water partition coefficient (Wildman–Crippen LogP) is 4.74. The van der Waals surface area contributed by atoms with Gasteiger partial charge in [0.05, 0.1) is 16.7 Å². The Kier molecular flexibility index (Phi) is 5.54. The second-order valence-electron chi connectivity index (χ2n) is 7.85. The summed E-state index contributed by atoms with van der Waals surface area (Å²) in [7, 11) is -3.35. The molecular formula is C22H29NO2S. The van der Waals surface area contributed by atoms with Crippen molar-refractivity contribution in [3.05, 3.63) is 65.7 Å². The van der Waals surface area contributed by atoms with Gasteiger partial charge in [-0.2, -0.15) is 0 Å². The van der Waals surface area contributed by atoms with Crippen molar-refractivity contribution in [1.29, 1.82) is 0 Å². The Morgan fingerprint density at radius 1 is 1.08 bits per heavy atom. The molecule has 1 aliphatic rings. The van der Waals surface area contributed by atoms with Gasteiger partial charge in [-0.25, -0.2) is 8.42 Å². The first-order chi connectivity index (χ1) is 12.4. The number of sulfone groups is 1. The highest BCUT2D eigenvalue weighted by molar-refractivity contribution is 7.91. The molecule has 0 amide bonds. The van der Waals surface area contributed by atoms with Crippen LogP contribution in [0.5, 0.6) is 0 Å². The average Bonchev–Trinajstić information content (AvgIpc) is 2.74.